The highest BCUT2D eigenvalue weighted by atomic mass is 32.2. The molecule has 0 aromatic rings. The summed E-state index contributed by atoms with van der Waals surface area (Å²) in [7, 11) is -3.13. The van der Waals surface area contributed by atoms with Gasteiger partial charge in [0.15, 0.2) is 0 Å². The zero-order chi connectivity index (χ0) is 10.6. The van der Waals surface area contributed by atoms with Gasteiger partial charge in [0.25, 0.3) is 0 Å². The summed E-state index contributed by atoms with van der Waals surface area (Å²) in [5.41, 5.74) is 5.40. The summed E-state index contributed by atoms with van der Waals surface area (Å²) in [5, 5.41) is 0. The van der Waals surface area contributed by atoms with Crippen molar-refractivity contribution in [2.75, 3.05) is 32.6 Å². The fourth-order valence-electron chi connectivity index (χ4n) is 1.72. The molecule has 6 heteroatoms. The Morgan fingerprint density at radius 1 is 1.43 bits per heavy atom. The van der Waals surface area contributed by atoms with Crippen LogP contribution >= 0.6 is 0 Å². The molecule has 1 rings (SSSR count). The predicted octanol–water partition coefficient (Wildman–Crippen LogP) is -0.614. The molecule has 0 saturated carbocycles. The van der Waals surface area contributed by atoms with Crippen LogP contribution in [0.3, 0.4) is 0 Å². The van der Waals surface area contributed by atoms with E-state index in [1.807, 2.05) is 0 Å². The van der Waals surface area contributed by atoms with E-state index in [0.29, 0.717) is 26.3 Å². The first-order valence-electron chi connectivity index (χ1n) is 4.80. The molecule has 0 aromatic heterocycles. The van der Waals surface area contributed by atoms with Crippen LogP contribution in [-0.4, -0.2) is 51.3 Å². The van der Waals surface area contributed by atoms with E-state index < -0.39 is 10.0 Å². The molecule has 1 saturated heterocycles. The van der Waals surface area contributed by atoms with Crippen molar-refractivity contribution in [3.8, 4) is 0 Å². The standard InChI is InChI=1S/C8H18N2O3S/c1-14(11,12)10(5-4-9)8-2-6-13-7-3-8/h8H,2-7,9H2,1H3. The molecule has 0 atom stereocenters. The summed E-state index contributed by atoms with van der Waals surface area (Å²) >= 11 is 0. The number of hydrogen-bond donors (Lipinski definition) is 1. The van der Waals surface area contributed by atoms with Crippen molar-refractivity contribution in [2.45, 2.75) is 18.9 Å². The van der Waals surface area contributed by atoms with Gasteiger partial charge in [0.05, 0.1) is 6.26 Å². The molecule has 0 aromatic carbocycles. The normalized spacial score (nSPS) is 20.2. The SMILES string of the molecule is CS(=O)(=O)N(CCN)C1CCOCC1. The van der Waals surface area contributed by atoms with Crippen LogP contribution in [-0.2, 0) is 14.8 Å². The zero-order valence-electron chi connectivity index (χ0n) is 8.48. The van der Waals surface area contributed by atoms with Gasteiger partial charge in [-0.05, 0) is 12.8 Å². The highest BCUT2D eigenvalue weighted by molar-refractivity contribution is 7.88. The molecule has 14 heavy (non-hydrogen) atoms. The van der Waals surface area contributed by atoms with E-state index in [1.165, 1.54) is 10.6 Å². The van der Waals surface area contributed by atoms with Crippen molar-refractivity contribution in [3.05, 3.63) is 0 Å². The van der Waals surface area contributed by atoms with Gasteiger partial charge in [0.1, 0.15) is 0 Å². The molecule has 0 spiro atoms. The lowest BCUT2D eigenvalue weighted by atomic mass is 10.1. The van der Waals surface area contributed by atoms with Gasteiger partial charge in [-0.2, -0.15) is 4.31 Å². The second-order valence-electron chi connectivity index (χ2n) is 3.51. The Hall–Kier alpha value is -0.170. The van der Waals surface area contributed by atoms with E-state index in [0.717, 1.165) is 12.8 Å². The van der Waals surface area contributed by atoms with Crippen LogP contribution in [0.15, 0.2) is 0 Å². The summed E-state index contributed by atoms with van der Waals surface area (Å²) in [6.07, 6.45) is 2.78. The van der Waals surface area contributed by atoms with Gasteiger partial charge in [0, 0.05) is 32.3 Å². The zero-order valence-corrected chi connectivity index (χ0v) is 9.29. The first-order chi connectivity index (χ1) is 6.55. The number of sulfonamides is 1. The van der Waals surface area contributed by atoms with Crippen LogP contribution in [0, 0.1) is 0 Å². The molecule has 0 amide bonds. The number of hydrogen-bond acceptors (Lipinski definition) is 4. The maximum atomic E-state index is 11.5. The van der Waals surface area contributed by atoms with Crippen molar-refractivity contribution in [1.29, 1.82) is 0 Å². The molecule has 84 valence electrons. The lowest BCUT2D eigenvalue weighted by Gasteiger charge is -2.31. The summed E-state index contributed by atoms with van der Waals surface area (Å²) in [6, 6.07) is 0.0716. The van der Waals surface area contributed by atoms with Crippen molar-refractivity contribution < 1.29 is 13.2 Å². The average Bonchev–Trinajstić information content (AvgIpc) is 2.14. The molecule has 5 nitrogen and oxygen atoms in total. The van der Waals surface area contributed by atoms with Gasteiger partial charge in [0.2, 0.25) is 10.0 Å². The Morgan fingerprint density at radius 2 is 2.00 bits per heavy atom. The van der Waals surface area contributed by atoms with Crippen LogP contribution in [0.4, 0.5) is 0 Å². The molecule has 0 radical (unpaired) electrons. The number of ether oxygens (including phenoxy) is 1. The molecule has 1 aliphatic heterocycles. The van der Waals surface area contributed by atoms with Gasteiger partial charge in [-0.25, -0.2) is 8.42 Å². The van der Waals surface area contributed by atoms with E-state index in [2.05, 4.69) is 0 Å². The van der Waals surface area contributed by atoms with Crippen molar-refractivity contribution in [3.63, 3.8) is 0 Å². The number of nitrogens with zero attached hydrogens (tertiary/aromatic N) is 1. The Balaban J connectivity index is 2.66. The third-order valence-corrected chi connectivity index (χ3v) is 3.71. The van der Waals surface area contributed by atoms with E-state index >= 15 is 0 Å². The fourth-order valence-corrected chi connectivity index (χ4v) is 2.91. The molecule has 2 N–H and O–H groups in total. The predicted molar refractivity (Wildman–Crippen MR) is 54.4 cm³/mol. The monoisotopic (exact) mass is 222 g/mol. The first-order valence-corrected chi connectivity index (χ1v) is 6.65. The van der Waals surface area contributed by atoms with Crippen LogP contribution in [0.25, 0.3) is 0 Å². The van der Waals surface area contributed by atoms with E-state index in [4.69, 9.17) is 10.5 Å². The third-order valence-electron chi connectivity index (χ3n) is 2.37. The number of nitrogens with two attached hydrogens (primary N) is 1. The lowest BCUT2D eigenvalue weighted by molar-refractivity contribution is 0.0592. The molecule has 1 fully saturated rings. The second kappa shape index (κ2) is 5.06. The Labute approximate surface area is 85.3 Å². The molecule has 0 unspecified atom stereocenters. The molecule has 1 heterocycles. The maximum absolute atomic E-state index is 11.5. The highest BCUT2D eigenvalue weighted by Gasteiger charge is 2.27. The molecule has 1 aliphatic rings. The van der Waals surface area contributed by atoms with Crippen LogP contribution in [0.1, 0.15) is 12.8 Å². The summed E-state index contributed by atoms with van der Waals surface area (Å²) in [4.78, 5) is 0. The van der Waals surface area contributed by atoms with Gasteiger partial charge < -0.3 is 10.5 Å². The molecular weight excluding hydrogens is 204 g/mol. The lowest BCUT2D eigenvalue weighted by Crippen LogP contribution is -2.45. The smallest absolute Gasteiger partial charge is 0.211 e. The van der Waals surface area contributed by atoms with Gasteiger partial charge in [-0.1, -0.05) is 0 Å². The van der Waals surface area contributed by atoms with Crippen LogP contribution in [0.5, 0.6) is 0 Å². The quantitative estimate of drug-likeness (QED) is 0.688. The van der Waals surface area contributed by atoms with E-state index in [-0.39, 0.29) is 6.04 Å². The summed E-state index contributed by atoms with van der Waals surface area (Å²) in [5.74, 6) is 0. The highest BCUT2D eigenvalue weighted by Crippen LogP contribution is 2.16. The topological polar surface area (TPSA) is 72.6 Å². The van der Waals surface area contributed by atoms with E-state index in [9.17, 15) is 8.42 Å². The Bertz CT molecular complexity index is 260. The fraction of sp³-hybridized carbons (Fsp3) is 1.00. The first kappa shape index (κ1) is 11.9. The van der Waals surface area contributed by atoms with Gasteiger partial charge in [-0.15, -0.1) is 0 Å². The average molecular weight is 222 g/mol. The molecule has 0 bridgehead atoms. The minimum Gasteiger partial charge on any atom is -0.381 e. The van der Waals surface area contributed by atoms with E-state index in [1.54, 1.807) is 0 Å². The second-order valence-corrected chi connectivity index (χ2v) is 5.44. The molecular formula is C8H18N2O3S. The van der Waals surface area contributed by atoms with Crippen molar-refractivity contribution in [1.82, 2.24) is 4.31 Å². The van der Waals surface area contributed by atoms with Gasteiger partial charge >= 0.3 is 0 Å². The third kappa shape index (κ3) is 3.20. The van der Waals surface area contributed by atoms with Gasteiger partial charge in [-0.3, -0.25) is 0 Å². The van der Waals surface area contributed by atoms with Crippen molar-refractivity contribution >= 4 is 10.0 Å². The number of rotatable bonds is 4. The maximum Gasteiger partial charge on any atom is 0.211 e. The molecule has 0 aliphatic carbocycles. The Kier molecular flexibility index (Phi) is 4.31. The largest absolute Gasteiger partial charge is 0.381 e. The van der Waals surface area contributed by atoms with Crippen LogP contribution in [0.2, 0.25) is 0 Å². The van der Waals surface area contributed by atoms with Crippen molar-refractivity contribution in [2.24, 2.45) is 5.73 Å². The Morgan fingerprint density at radius 3 is 2.43 bits per heavy atom. The summed E-state index contributed by atoms with van der Waals surface area (Å²) in [6.45, 7) is 2.05. The minimum atomic E-state index is -3.13. The van der Waals surface area contributed by atoms with Crippen LogP contribution < -0.4 is 5.73 Å². The minimum absolute atomic E-state index is 0.0716. The summed E-state index contributed by atoms with van der Waals surface area (Å²) < 4.78 is 29.6.